The Morgan fingerprint density at radius 2 is 1.96 bits per heavy atom. The van der Waals surface area contributed by atoms with E-state index in [9.17, 15) is 0 Å². The van der Waals surface area contributed by atoms with Gasteiger partial charge in [0, 0.05) is 28.8 Å². The summed E-state index contributed by atoms with van der Waals surface area (Å²) >= 11 is 1.68. The number of nitrogens with zero attached hydrogens (tertiary/aromatic N) is 4. The van der Waals surface area contributed by atoms with E-state index in [1.54, 1.807) is 17.5 Å². The summed E-state index contributed by atoms with van der Waals surface area (Å²) in [5.41, 5.74) is 2.98. The van der Waals surface area contributed by atoms with Crippen molar-refractivity contribution in [1.82, 2.24) is 19.9 Å². The van der Waals surface area contributed by atoms with Crippen LogP contribution in [0.1, 0.15) is 44.1 Å². The Balaban J connectivity index is 1.79. The van der Waals surface area contributed by atoms with Crippen molar-refractivity contribution in [2.45, 2.75) is 46.1 Å². The molecule has 0 aliphatic heterocycles. The van der Waals surface area contributed by atoms with E-state index in [-0.39, 0.29) is 5.41 Å². The zero-order valence-corrected chi connectivity index (χ0v) is 15.9. The van der Waals surface area contributed by atoms with Gasteiger partial charge in [-0.25, -0.2) is 15.0 Å². The first-order valence-corrected chi connectivity index (χ1v) is 9.32. The molecule has 3 aromatic rings. The van der Waals surface area contributed by atoms with Crippen LogP contribution in [-0.2, 0) is 18.4 Å². The summed E-state index contributed by atoms with van der Waals surface area (Å²) < 4.78 is 0. The van der Waals surface area contributed by atoms with Crippen LogP contribution in [0.15, 0.2) is 35.8 Å². The van der Waals surface area contributed by atoms with Gasteiger partial charge in [-0.15, -0.1) is 11.3 Å². The van der Waals surface area contributed by atoms with Gasteiger partial charge in [0.05, 0.1) is 12.2 Å². The summed E-state index contributed by atoms with van der Waals surface area (Å²) in [7, 11) is 0. The fourth-order valence-corrected chi connectivity index (χ4v) is 3.24. The third kappa shape index (κ3) is 4.39. The highest BCUT2D eigenvalue weighted by Crippen LogP contribution is 2.24. The van der Waals surface area contributed by atoms with E-state index in [1.165, 1.54) is 0 Å². The number of thiazole rings is 1. The summed E-state index contributed by atoms with van der Waals surface area (Å²) in [6, 6.07) is 7.75. The topological polar surface area (TPSA) is 63.6 Å². The van der Waals surface area contributed by atoms with Crippen molar-refractivity contribution in [1.29, 1.82) is 0 Å². The van der Waals surface area contributed by atoms with E-state index in [1.807, 2.05) is 24.3 Å². The van der Waals surface area contributed by atoms with Crippen molar-refractivity contribution in [2.24, 2.45) is 0 Å². The van der Waals surface area contributed by atoms with Gasteiger partial charge in [0.2, 0.25) is 0 Å². The number of rotatable bonds is 5. The minimum Gasteiger partial charge on any atom is -0.363 e. The van der Waals surface area contributed by atoms with Crippen LogP contribution in [0.5, 0.6) is 0 Å². The van der Waals surface area contributed by atoms with E-state index in [2.05, 4.69) is 53.3 Å². The van der Waals surface area contributed by atoms with Crippen LogP contribution in [0.2, 0.25) is 0 Å². The third-order valence-corrected chi connectivity index (χ3v) is 4.63. The Morgan fingerprint density at radius 3 is 2.60 bits per heavy atom. The average Bonchev–Trinajstić information content (AvgIpc) is 3.10. The van der Waals surface area contributed by atoms with Crippen molar-refractivity contribution in [3.05, 3.63) is 52.2 Å². The molecule has 5 nitrogen and oxygen atoms in total. The lowest BCUT2D eigenvalue weighted by molar-refractivity contribution is 0.571. The van der Waals surface area contributed by atoms with Crippen LogP contribution < -0.4 is 5.32 Å². The molecule has 0 atom stereocenters. The van der Waals surface area contributed by atoms with Gasteiger partial charge in [-0.05, 0) is 18.6 Å². The van der Waals surface area contributed by atoms with E-state index in [0.717, 1.165) is 34.3 Å². The Morgan fingerprint density at radius 1 is 1.12 bits per heavy atom. The minimum atomic E-state index is 0.0746. The highest BCUT2D eigenvalue weighted by molar-refractivity contribution is 7.09. The van der Waals surface area contributed by atoms with Gasteiger partial charge in [-0.2, -0.15) is 0 Å². The second-order valence-corrected chi connectivity index (χ2v) is 7.81. The number of aromatic nitrogens is 4. The zero-order valence-electron chi connectivity index (χ0n) is 15.1. The van der Waals surface area contributed by atoms with E-state index in [0.29, 0.717) is 12.4 Å². The zero-order chi connectivity index (χ0) is 17.9. The fraction of sp³-hybridized carbons (Fsp3) is 0.368. The lowest BCUT2D eigenvalue weighted by Gasteiger charge is -2.14. The summed E-state index contributed by atoms with van der Waals surface area (Å²) in [5.74, 6) is 1.46. The summed E-state index contributed by atoms with van der Waals surface area (Å²) in [6.07, 6.45) is 2.61. The first-order valence-electron chi connectivity index (χ1n) is 8.44. The van der Waals surface area contributed by atoms with Crippen LogP contribution in [0.4, 0.5) is 5.82 Å². The summed E-state index contributed by atoms with van der Waals surface area (Å²) in [6.45, 7) is 9.27. The second kappa shape index (κ2) is 7.27. The molecule has 0 unspecified atom stereocenters. The highest BCUT2D eigenvalue weighted by atomic mass is 32.1. The van der Waals surface area contributed by atoms with Gasteiger partial charge in [0.25, 0.3) is 0 Å². The van der Waals surface area contributed by atoms with Gasteiger partial charge in [0.15, 0.2) is 5.82 Å². The molecule has 3 heterocycles. The summed E-state index contributed by atoms with van der Waals surface area (Å²) in [4.78, 5) is 18.3. The lowest BCUT2D eigenvalue weighted by Crippen LogP contribution is -2.12. The van der Waals surface area contributed by atoms with Crippen molar-refractivity contribution >= 4 is 17.2 Å². The normalized spacial score (nSPS) is 11.5. The molecule has 0 spiro atoms. The smallest absolute Gasteiger partial charge is 0.180 e. The maximum atomic E-state index is 4.72. The Labute approximate surface area is 152 Å². The molecule has 0 aliphatic carbocycles. The third-order valence-electron chi connectivity index (χ3n) is 3.78. The molecule has 6 heteroatoms. The average molecular weight is 353 g/mol. The van der Waals surface area contributed by atoms with Gasteiger partial charge in [-0.3, -0.25) is 4.98 Å². The molecule has 0 bridgehead atoms. The Hall–Kier alpha value is -2.34. The Kier molecular flexibility index (Phi) is 5.08. The molecule has 0 saturated heterocycles. The van der Waals surface area contributed by atoms with E-state index in [4.69, 9.17) is 4.98 Å². The van der Waals surface area contributed by atoms with Crippen LogP contribution in [0.25, 0.3) is 11.5 Å². The highest BCUT2D eigenvalue weighted by Gasteiger charge is 2.17. The van der Waals surface area contributed by atoms with Crippen LogP contribution in [-0.4, -0.2) is 19.9 Å². The molecule has 0 fully saturated rings. The molecule has 0 saturated carbocycles. The predicted octanol–water partition coefficient (Wildman–Crippen LogP) is 4.47. The number of aryl methyl sites for hydroxylation is 1. The number of nitrogens with one attached hydrogen (secondary N) is 1. The standard InChI is InChI=1S/C19H23N5S/c1-5-13-10-16(24-18(22-13)14-8-6-7-9-20-14)21-11-17-23-15(12-25-17)19(2,3)4/h6-10,12H,5,11H2,1-4H3,(H,21,22,24). The molecule has 3 aromatic heterocycles. The Bertz CT molecular complexity index is 837. The van der Waals surface area contributed by atoms with Gasteiger partial charge >= 0.3 is 0 Å². The first-order chi connectivity index (χ1) is 12.0. The lowest BCUT2D eigenvalue weighted by atomic mass is 9.93. The minimum absolute atomic E-state index is 0.0746. The largest absolute Gasteiger partial charge is 0.363 e. The van der Waals surface area contributed by atoms with Crippen molar-refractivity contribution in [3.63, 3.8) is 0 Å². The molecule has 1 N–H and O–H groups in total. The molecular weight excluding hydrogens is 330 g/mol. The van der Waals surface area contributed by atoms with Gasteiger partial charge in [-0.1, -0.05) is 33.8 Å². The number of pyridine rings is 1. The molecular formula is C19H23N5S. The predicted molar refractivity (Wildman–Crippen MR) is 103 cm³/mol. The number of hydrogen-bond acceptors (Lipinski definition) is 6. The van der Waals surface area contributed by atoms with Crippen LogP contribution in [0, 0.1) is 0 Å². The maximum Gasteiger partial charge on any atom is 0.180 e. The monoisotopic (exact) mass is 353 g/mol. The number of anilines is 1. The van der Waals surface area contributed by atoms with Crippen molar-refractivity contribution < 1.29 is 0 Å². The second-order valence-electron chi connectivity index (χ2n) is 6.87. The molecule has 0 aromatic carbocycles. The van der Waals surface area contributed by atoms with Crippen LogP contribution in [0.3, 0.4) is 0 Å². The molecule has 25 heavy (non-hydrogen) atoms. The molecule has 0 aliphatic rings. The molecule has 0 radical (unpaired) electrons. The quantitative estimate of drug-likeness (QED) is 0.733. The van der Waals surface area contributed by atoms with Crippen molar-refractivity contribution in [2.75, 3.05) is 5.32 Å². The fourth-order valence-electron chi connectivity index (χ4n) is 2.28. The maximum absolute atomic E-state index is 4.72. The van der Waals surface area contributed by atoms with E-state index >= 15 is 0 Å². The SMILES string of the molecule is CCc1cc(NCc2nc(C(C)(C)C)cs2)nc(-c2ccccn2)n1. The van der Waals surface area contributed by atoms with Crippen LogP contribution >= 0.6 is 11.3 Å². The molecule has 130 valence electrons. The van der Waals surface area contributed by atoms with Crippen molar-refractivity contribution in [3.8, 4) is 11.5 Å². The van der Waals surface area contributed by atoms with E-state index < -0.39 is 0 Å². The van der Waals surface area contributed by atoms with Gasteiger partial charge < -0.3 is 5.32 Å². The van der Waals surface area contributed by atoms with Gasteiger partial charge in [0.1, 0.15) is 16.5 Å². The molecule has 0 amide bonds. The number of hydrogen-bond donors (Lipinski definition) is 1. The molecule has 3 rings (SSSR count). The first kappa shape index (κ1) is 17.5. The summed E-state index contributed by atoms with van der Waals surface area (Å²) in [5, 5.41) is 6.57.